The van der Waals surface area contributed by atoms with Crippen molar-refractivity contribution in [3.8, 4) is 0 Å². The van der Waals surface area contributed by atoms with Gasteiger partial charge in [0.05, 0.1) is 23.3 Å². The standard InChI is InChI=1S/C17H20Cl2N6O/c18-12-9-14(19)16(21-10-12)25-4-2-13(11-25)22-17-20-3-1-15(23-17)24-5-7-26-8-6-24/h1,3,9-10,13H,2,4-8,11H2,(H,20,22,23). The van der Waals surface area contributed by atoms with Gasteiger partial charge in [-0.15, -0.1) is 0 Å². The number of ether oxygens (including phenoxy) is 1. The van der Waals surface area contributed by atoms with E-state index in [0.717, 1.165) is 57.4 Å². The first-order valence-corrected chi connectivity index (χ1v) is 9.43. The van der Waals surface area contributed by atoms with E-state index in [1.165, 1.54) is 0 Å². The monoisotopic (exact) mass is 394 g/mol. The van der Waals surface area contributed by atoms with Crippen LogP contribution in [0.3, 0.4) is 0 Å². The predicted molar refractivity (Wildman–Crippen MR) is 104 cm³/mol. The number of nitrogens with one attached hydrogen (secondary N) is 1. The highest BCUT2D eigenvalue weighted by Gasteiger charge is 2.26. The van der Waals surface area contributed by atoms with Gasteiger partial charge < -0.3 is 19.9 Å². The van der Waals surface area contributed by atoms with E-state index in [1.807, 2.05) is 6.07 Å². The second-order valence-electron chi connectivity index (χ2n) is 6.37. The fraction of sp³-hybridized carbons (Fsp3) is 0.471. The first kappa shape index (κ1) is 17.6. The number of rotatable bonds is 4. The van der Waals surface area contributed by atoms with Crippen molar-refractivity contribution in [2.24, 2.45) is 0 Å². The molecule has 0 radical (unpaired) electrons. The van der Waals surface area contributed by atoms with E-state index >= 15 is 0 Å². The molecule has 26 heavy (non-hydrogen) atoms. The molecule has 0 aromatic carbocycles. The highest BCUT2D eigenvalue weighted by Crippen LogP contribution is 2.29. The largest absolute Gasteiger partial charge is 0.378 e. The molecular weight excluding hydrogens is 375 g/mol. The molecule has 2 fully saturated rings. The molecule has 2 saturated heterocycles. The molecule has 4 heterocycles. The first-order chi connectivity index (χ1) is 12.7. The quantitative estimate of drug-likeness (QED) is 0.854. The average molecular weight is 395 g/mol. The molecule has 1 atom stereocenters. The minimum Gasteiger partial charge on any atom is -0.378 e. The van der Waals surface area contributed by atoms with Gasteiger partial charge in [0.25, 0.3) is 0 Å². The zero-order chi connectivity index (χ0) is 17.9. The lowest BCUT2D eigenvalue weighted by Gasteiger charge is -2.28. The molecule has 2 aliphatic rings. The minimum atomic E-state index is 0.239. The van der Waals surface area contributed by atoms with Crippen LogP contribution in [-0.2, 0) is 4.74 Å². The van der Waals surface area contributed by atoms with E-state index in [0.29, 0.717) is 16.0 Å². The van der Waals surface area contributed by atoms with E-state index in [9.17, 15) is 0 Å². The Balaban J connectivity index is 1.40. The number of aromatic nitrogens is 3. The van der Waals surface area contributed by atoms with Crippen molar-refractivity contribution in [2.75, 3.05) is 54.5 Å². The van der Waals surface area contributed by atoms with E-state index < -0.39 is 0 Å². The van der Waals surface area contributed by atoms with Crippen molar-refractivity contribution >= 4 is 40.8 Å². The van der Waals surface area contributed by atoms with Crippen LogP contribution in [-0.4, -0.2) is 60.4 Å². The third kappa shape index (κ3) is 3.95. The van der Waals surface area contributed by atoms with E-state index in [1.54, 1.807) is 18.5 Å². The molecule has 1 unspecified atom stereocenters. The lowest BCUT2D eigenvalue weighted by molar-refractivity contribution is 0.122. The first-order valence-electron chi connectivity index (χ1n) is 8.67. The van der Waals surface area contributed by atoms with Crippen LogP contribution in [0, 0.1) is 0 Å². The maximum Gasteiger partial charge on any atom is 0.224 e. The van der Waals surface area contributed by atoms with Crippen molar-refractivity contribution in [2.45, 2.75) is 12.5 Å². The normalized spacial score (nSPS) is 20.5. The van der Waals surface area contributed by atoms with Crippen LogP contribution in [0.2, 0.25) is 10.0 Å². The number of halogens is 2. The summed E-state index contributed by atoms with van der Waals surface area (Å²) in [6.45, 7) is 4.84. The molecule has 0 bridgehead atoms. The molecule has 9 heteroatoms. The van der Waals surface area contributed by atoms with Crippen LogP contribution in [0.15, 0.2) is 24.5 Å². The summed E-state index contributed by atoms with van der Waals surface area (Å²) in [7, 11) is 0. The van der Waals surface area contributed by atoms with Crippen LogP contribution < -0.4 is 15.1 Å². The second-order valence-corrected chi connectivity index (χ2v) is 7.22. The highest BCUT2D eigenvalue weighted by molar-refractivity contribution is 6.36. The molecule has 1 N–H and O–H groups in total. The molecule has 0 saturated carbocycles. The molecule has 2 aliphatic heterocycles. The molecule has 2 aromatic rings. The van der Waals surface area contributed by atoms with Crippen molar-refractivity contribution in [1.82, 2.24) is 15.0 Å². The molecule has 138 valence electrons. The van der Waals surface area contributed by atoms with Gasteiger partial charge in [-0.1, -0.05) is 23.2 Å². The summed E-state index contributed by atoms with van der Waals surface area (Å²) in [6.07, 6.45) is 4.38. The predicted octanol–water partition coefficient (Wildman–Crippen LogP) is 2.71. The Kier molecular flexibility index (Phi) is 5.28. The van der Waals surface area contributed by atoms with E-state index in [4.69, 9.17) is 27.9 Å². The summed E-state index contributed by atoms with van der Waals surface area (Å²) in [4.78, 5) is 17.8. The van der Waals surface area contributed by atoms with Crippen LogP contribution in [0.4, 0.5) is 17.6 Å². The summed E-state index contributed by atoms with van der Waals surface area (Å²) >= 11 is 12.2. The summed E-state index contributed by atoms with van der Waals surface area (Å²) in [5.41, 5.74) is 0. The molecular formula is C17H20Cl2N6O. The third-order valence-corrected chi connectivity index (χ3v) is 5.07. The number of morpholine rings is 1. The van der Waals surface area contributed by atoms with Crippen LogP contribution >= 0.6 is 23.2 Å². The van der Waals surface area contributed by atoms with Gasteiger partial charge in [0, 0.05) is 44.6 Å². The van der Waals surface area contributed by atoms with Gasteiger partial charge in [-0.3, -0.25) is 0 Å². The fourth-order valence-electron chi connectivity index (χ4n) is 3.28. The van der Waals surface area contributed by atoms with E-state index in [-0.39, 0.29) is 6.04 Å². The maximum atomic E-state index is 6.27. The average Bonchev–Trinajstić information content (AvgIpc) is 3.11. The Hall–Kier alpha value is -1.83. The number of hydrogen-bond acceptors (Lipinski definition) is 7. The molecule has 0 amide bonds. The molecule has 0 aliphatic carbocycles. The van der Waals surface area contributed by atoms with Crippen LogP contribution in [0.1, 0.15) is 6.42 Å². The topological polar surface area (TPSA) is 66.4 Å². The summed E-state index contributed by atoms with van der Waals surface area (Å²) in [5, 5.41) is 4.55. The molecule has 2 aromatic heterocycles. The van der Waals surface area contributed by atoms with Crippen LogP contribution in [0.5, 0.6) is 0 Å². The van der Waals surface area contributed by atoms with Gasteiger partial charge in [0.2, 0.25) is 5.95 Å². The van der Waals surface area contributed by atoms with Crippen molar-refractivity contribution in [3.63, 3.8) is 0 Å². The van der Waals surface area contributed by atoms with Crippen LogP contribution in [0.25, 0.3) is 0 Å². The Labute approximate surface area is 162 Å². The summed E-state index contributed by atoms with van der Waals surface area (Å²) in [6, 6.07) is 3.90. The Morgan fingerprint density at radius 3 is 2.77 bits per heavy atom. The number of pyridine rings is 1. The lowest BCUT2D eigenvalue weighted by atomic mass is 10.3. The zero-order valence-corrected chi connectivity index (χ0v) is 15.7. The third-order valence-electron chi connectivity index (χ3n) is 4.59. The zero-order valence-electron chi connectivity index (χ0n) is 14.2. The molecule has 7 nitrogen and oxygen atoms in total. The van der Waals surface area contributed by atoms with Gasteiger partial charge in [-0.25, -0.2) is 9.97 Å². The fourth-order valence-corrected chi connectivity index (χ4v) is 3.78. The lowest BCUT2D eigenvalue weighted by Crippen LogP contribution is -2.37. The number of nitrogens with zero attached hydrogens (tertiary/aromatic N) is 5. The van der Waals surface area contributed by atoms with Crippen molar-refractivity contribution in [1.29, 1.82) is 0 Å². The second kappa shape index (κ2) is 7.82. The van der Waals surface area contributed by atoms with Gasteiger partial charge in [-0.05, 0) is 18.6 Å². The Morgan fingerprint density at radius 2 is 1.96 bits per heavy atom. The smallest absolute Gasteiger partial charge is 0.224 e. The van der Waals surface area contributed by atoms with Gasteiger partial charge >= 0.3 is 0 Å². The SMILES string of the molecule is Clc1cnc(N2CCC(Nc3nccc(N4CCOCC4)n3)C2)c(Cl)c1. The summed E-state index contributed by atoms with van der Waals surface area (Å²) in [5.74, 6) is 2.35. The minimum absolute atomic E-state index is 0.239. The number of anilines is 3. The maximum absolute atomic E-state index is 6.27. The summed E-state index contributed by atoms with van der Waals surface area (Å²) < 4.78 is 5.40. The Bertz CT molecular complexity index is 771. The van der Waals surface area contributed by atoms with Crippen molar-refractivity contribution < 1.29 is 4.74 Å². The highest BCUT2D eigenvalue weighted by atomic mass is 35.5. The van der Waals surface area contributed by atoms with Gasteiger partial charge in [-0.2, -0.15) is 4.98 Å². The van der Waals surface area contributed by atoms with Crippen molar-refractivity contribution in [3.05, 3.63) is 34.6 Å². The molecule has 4 rings (SSSR count). The van der Waals surface area contributed by atoms with Gasteiger partial charge in [0.15, 0.2) is 0 Å². The number of hydrogen-bond donors (Lipinski definition) is 1. The van der Waals surface area contributed by atoms with E-state index in [2.05, 4.69) is 30.1 Å². The Morgan fingerprint density at radius 1 is 1.12 bits per heavy atom. The molecule has 0 spiro atoms. The van der Waals surface area contributed by atoms with Gasteiger partial charge in [0.1, 0.15) is 11.6 Å².